The predicted molar refractivity (Wildman–Crippen MR) is 106 cm³/mol. The van der Waals surface area contributed by atoms with Crippen LogP contribution in [0.3, 0.4) is 0 Å². The summed E-state index contributed by atoms with van der Waals surface area (Å²) in [5.74, 6) is 1.01. The Morgan fingerprint density at radius 2 is 2.10 bits per heavy atom. The maximum Gasteiger partial charge on any atom is 0.198 e. The van der Waals surface area contributed by atoms with Gasteiger partial charge in [0.05, 0.1) is 6.54 Å². The Bertz CT molecular complexity index is 488. The molecule has 0 saturated carbocycles. The molecule has 3 nitrogen and oxygen atoms in total. The van der Waals surface area contributed by atoms with E-state index in [4.69, 9.17) is 4.99 Å². The summed E-state index contributed by atoms with van der Waals surface area (Å²) in [6.45, 7) is 9.35. The van der Waals surface area contributed by atoms with Crippen LogP contribution < -0.4 is 10.2 Å². The number of aliphatic imine (C=N–C) groups is 1. The molecule has 0 saturated heterocycles. The lowest BCUT2D eigenvalue weighted by atomic mass is 10.2. The summed E-state index contributed by atoms with van der Waals surface area (Å²) in [5, 5.41) is 3.43. The average molecular weight is 419 g/mol. The van der Waals surface area contributed by atoms with Crippen LogP contribution in [-0.4, -0.2) is 36.6 Å². The first-order chi connectivity index (χ1) is 9.57. The highest BCUT2D eigenvalue weighted by molar-refractivity contribution is 14.0. The minimum Gasteiger partial charge on any atom is -0.356 e. The Morgan fingerprint density at radius 1 is 1.38 bits per heavy atom. The van der Waals surface area contributed by atoms with E-state index in [2.05, 4.69) is 61.5 Å². The fourth-order valence-electron chi connectivity index (χ4n) is 2.28. The van der Waals surface area contributed by atoms with E-state index in [1.807, 2.05) is 11.8 Å². The van der Waals surface area contributed by atoms with Gasteiger partial charge in [0.25, 0.3) is 0 Å². The van der Waals surface area contributed by atoms with Crippen LogP contribution in [0, 0.1) is 0 Å². The zero-order chi connectivity index (χ0) is 14.6. The molecule has 21 heavy (non-hydrogen) atoms. The number of hydrogen-bond acceptors (Lipinski definition) is 2. The number of halogens is 1. The topological polar surface area (TPSA) is 27.6 Å². The number of anilines is 1. The maximum absolute atomic E-state index is 4.85. The zero-order valence-corrected chi connectivity index (χ0v) is 16.5. The number of rotatable bonds is 4. The van der Waals surface area contributed by atoms with Crippen molar-refractivity contribution < 1.29 is 0 Å². The van der Waals surface area contributed by atoms with E-state index in [-0.39, 0.29) is 28.7 Å². The van der Waals surface area contributed by atoms with E-state index in [1.165, 1.54) is 11.3 Å². The molecule has 0 unspecified atom stereocenters. The summed E-state index contributed by atoms with van der Waals surface area (Å²) < 4.78 is 0.180. The van der Waals surface area contributed by atoms with Crippen LogP contribution in [-0.2, 0) is 6.42 Å². The van der Waals surface area contributed by atoms with Crippen LogP contribution in [0.2, 0.25) is 0 Å². The molecule has 1 aromatic carbocycles. The van der Waals surface area contributed by atoms with Crippen molar-refractivity contribution in [2.24, 2.45) is 4.99 Å². The first kappa shape index (κ1) is 18.6. The predicted octanol–water partition coefficient (Wildman–Crippen LogP) is 3.77. The van der Waals surface area contributed by atoms with Crippen LogP contribution in [0.5, 0.6) is 0 Å². The molecule has 2 rings (SSSR count). The highest BCUT2D eigenvalue weighted by atomic mass is 127. The average Bonchev–Trinajstić information content (AvgIpc) is 2.87. The summed E-state index contributed by atoms with van der Waals surface area (Å²) in [4.78, 5) is 7.16. The number of para-hydroxylation sites is 1. The Balaban J connectivity index is 0.00000220. The van der Waals surface area contributed by atoms with E-state index >= 15 is 0 Å². The molecular formula is C16H26IN3S. The standard InChI is InChI=1S/C16H25N3S.HI/c1-5-17-15(18-12-16(2,3)20-4)19-11-10-13-8-6-7-9-14(13)19;/h6-9H,5,10-12H2,1-4H3,(H,17,18);1H. The quantitative estimate of drug-likeness (QED) is 0.458. The maximum atomic E-state index is 4.85. The van der Waals surface area contributed by atoms with Crippen molar-refractivity contribution in [3.8, 4) is 0 Å². The zero-order valence-electron chi connectivity index (χ0n) is 13.3. The number of nitrogens with zero attached hydrogens (tertiary/aromatic N) is 2. The molecule has 0 aliphatic carbocycles. The van der Waals surface area contributed by atoms with Crippen molar-refractivity contribution >= 4 is 47.4 Å². The van der Waals surface area contributed by atoms with Gasteiger partial charge in [-0.05, 0) is 45.1 Å². The fourth-order valence-corrected chi connectivity index (χ4v) is 2.48. The lowest BCUT2D eigenvalue weighted by molar-refractivity contribution is 0.718. The van der Waals surface area contributed by atoms with E-state index < -0.39 is 0 Å². The molecule has 0 amide bonds. The lowest BCUT2D eigenvalue weighted by Gasteiger charge is -2.25. The van der Waals surface area contributed by atoms with Crippen molar-refractivity contribution in [1.82, 2.24) is 5.32 Å². The SMILES string of the molecule is CCNC(=NCC(C)(C)SC)N1CCc2ccccc21.I. The summed E-state index contributed by atoms with van der Waals surface area (Å²) in [6, 6.07) is 8.62. The van der Waals surface area contributed by atoms with Gasteiger partial charge in [-0.25, -0.2) is 0 Å². The van der Waals surface area contributed by atoms with Crippen LogP contribution in [0.4, 0.5) is 5.69 Å². The molecule has 1 aliphatic heterocycles. The summed E-state index contributed by atoms with van der Waals surface area (Å²) in [7, 11) is 0. The third-order valence-electron chi connectivity index (χ3n) is 3.64. The van der Waals surface area contributed by atoms with Crippen molar-refractivity contribution in [2.45, 2.75) is 31.9 Å². The van der Waals surface area contributed by atoms with Gasteiger partial charge in [0.2, 0.25) is 0 Å². The van der Waals surface area contributed by atoms with Crippen LogP contribution in [0.25, 0.3) is 0 Å². The Kier molecular flexibility index (Phi) is 7.33. The van der Waals surface area contributed by atoms with Gasteiger partial charge in [-0.15, -0.1) is 24.0 Å². The Labute approximate surface area is 150 Å². The van der Waals surface area contributed by atoms with Gasteiger partial charge < -0.3 is 10.2 Å². The number of fused-ring (bicyclic) bond motifs is 1. The summed E-state index contributed by atoms with van der Waals surface area (Å²) in [5.41, 5.74) is 2.72. The van der Waals surface area contributed by atoms with Gasteiger partial charge in [0, 0.05) is 23.5 Å². The van der Waals surface area contributed by atoms with Crippen LogP contribution in [0.15, 0.2) is 29.3 Å². The van der Waals surface area contributed by atoms with E-state index in [1.54, 1.807) is 0 Å². The molecule has 5 heteroatoms. The third kappa shape index (κ3) is 4.77. The van der Waals surface area contributed by atoms with Crippen molar-refractivity contribution in [3.63, 3.8) is 0 Å². The molecule has 1 aliphatic rings. The second-order valence-corrected chi connectivity index (χ2v) is 7.18. The summed E-state index contributed by atoms with van der Waals surface area (Å²) in [6.07, 6.45) is 3.25. The van der Waals surface area contributed by atoms with Crippen LogP contribution in [0.1, 0.15) is 26.3 Å². The van der Waals surface area contributed by atoms with E-state index in [9.17, 15) is 0 Å². The lowest BCUT2D eigenvalue weighted by Crippen LogP contribution is -2.41. The van der Waals surface area contributed by atoms with Crippen LogP contribution >= 0.6 is 35.7 Å². The van der Waals surface area contributed by atoms with Gasteiger partial charge in [-0.3, -0.25) is 4.99 Å². The number of hydrogen-bond donors (Lipinski definition) is 1. The monoisotopic (exact) mass is 419 g/mol. The van der Waals surface area contributed by atoms with Crippen molar-refractivity contribution in [3.05, 3.63) is 29.8 Å². The third-order valence-corrected chi connectivity index (χ3v) is 4.87. The smallest absolute Gasteiger partial charge is 0.198 e. The fraction of sp³-hybridized carbons (Fsp3) is 0.562. The number of guanidine groups is 1. The van der Waals surface area contributed by atoms with E-state index in [0.717, 1.165) is 32.0 Å². The van der Waals surface area contributed by atoms with Gasteiger partial charge in [0.1, 0.15) is 0 Å². The highest BCUT2D eigenvalue weighted by Gasteiger charge is 2.23. The molecule has 0 atom stereocenters. The van der Waals surface area contributed by atoms with Crippen molar-refractivity contribution in [2.75, 3.05) is 30.8 Å². The summed E-state index contributed by atoms with van der Waals surface area (Å²) >= 11 is 1.86. The highest BCUT2D eigenvalue weighted by Crippen LogP contribution is 2.28. The minimum absolute atomic E-state index is 0. The van der Waals surface area contributed by atoms with Gasteiger partial charge in [0.15, 0.2) is 5.96 Å². The molecule has 0 bridgehead atoms. The van der Waals surface area contributed by atoms with Crippen molar-refractivity contribution in [1.29, 1.82) is 0 Å². The molecule has 0 spiro atoms. The molecule has 1 aromatic rings. The molecule has 1 N–H and O–H groups in total. The molecule has 1 heterocycles. The van der Waals surface area contributed by atoms with Gasteiger partial charge in [-0.2, -0.15) is 11.8 Å². The Morgan fingerprint density at radius 3 is 2.76 bits per heavy atom. The second-order valence-electron chi connectivity index (χ2n) is 5.66. The molecule has 0 radical (unpaired) electrons. The number of nitrogens with one attached hydrogen (secondary N) is 1. The van der Waals surface area contributed by atoms with E-state index in [0.29, 0.717) is 0 Å². The number of thioether (sulfide) groups is 1. The molecule has 0 aromatic heterocycles. The molecular weight excluding hydrogens is 393 g/mol. The first-order valence-electron chi connectivity index (χ1n) is 7.26. The number of benzene rings is 1. The first-order valence-corrected chi connectivity index (χ1v) is 8.49. The molecule has 0 fully saturated rings. The molecule has 118 valence electrons. The largest absolute Gasteiger partial charge is 0.356 e. The van der Waals surface area contributed by atoms with Gasteiger partial charge in [-0.1, -0.05) is 18.2 Å². The van der Waals surface area contributed by atoms with Gasteiger partial charge >= 0.3 is 0 Å². The second kappa shape index (κ2) is 8.27. The Hall–Kier alpha value is -0.430. The minimum atomic E-state index is 0. The normalized spacial score (nSPS) is 14.7.